The fourth-order valence-corrected chi connectivity index (χ4v) is 3.63. The molecule has 0 aromatic heterocycles. The monoisotopic (exact) mass is 437 g/mol. The molecule has 2 aromatic rings. The molecule has 0 aliphatic carbocycles. The van der Waals surface area contributed by atoms with Crippen molar-refractivity contribution >= 4 is 23.3 Å². The molecular formula is C25H27NO6. The number of hydrogen-bond acceptors (Lipinski definition) is 6. The molecule has 2 aromatic carbocycles. The topological polar surface area (TPSA) is 104 Å². The maximum atomic E-state index is 13.2. The van der Waals surface area contributed by atoms with Crippen molar-refractivity contribution in [1.82, 2.24) is 0 Å². The Morgan fingerprint density at radius 3 is 2.12 bits per heavy atom. The molecule has 0 spiro atoms. The van der Waals surface area contributed by atoms with Crippen molar-refractivity contribution in [2.24, 2.45) is 5.41 Å². The Balaban J connectivity index is 2.04. The number of carbonyl (C=O) groups excluding carboxylic acids is 3. The molecule has 0 bridgehead atoms. The van der Waals surface area contributed by atoms with Gasteiger partial charge in [-0.2, -0.15) is 0 Å². The largest absolute Gasteiger partial charge is 0.508 e. The fourth-order valence-electron chi connectivity index (χ4n) is 3.63. The highest BCUT2D eigenvalue weighted by Crippen LogP contribution is 2.43. The summed E-state index contributed by atoms with van der Waals surface area (Å²) in [7, 11) is 0. The minimum Gasteiger partial charge on any atom is -0.508 e. The summed E-state index contributed by atoms with van der Waals surface area (Å²) in [5.41, 5.74) is 0.942. The molecule has 3 rings (SSSR count). The van der Waals surface area contributed by atoms with Crippen LogP contribution in [0, 0.1) is 5.41 Å². The molecule has 0 saturated heterocycles. The fraction of sp³-hybridized carbons (Fsp3) is 0.320. The lowest BCUT2D eigenvalue weighted by Gasteiger charge is -2.29. The number of anilines is 1. The van der Waals surface area contributed by atoms with E-state index in [2.05, 4.69) is 0 Å². The van der Waals surface area contributed by atoms with Crippen LogP contribution in [0.1, 0.15) is 44.9 Å². The van der Waals surface area contributed by atoms with Gasteiger partial charge in [0.05, 0.1) is 24.6 Å². The van der Waals surface area contributed by atoms with Crippen LogP contribution in [0.25, 0.3) is 0 Å². The Labute approximate surface area is 186 Å². The molecule has 7 nitrogen and oxygen atoms in total. The summed E-state index contributed by atoms with van der Waals surface area (Å²) in [4.78, 5) is 39.4. The second-order valence-corrected chi connectivity index (χ2v) is 8.66. The minimum atomic E-state index is -0.856. The lowest BCUT2D eigenvalue weighted by atomic mass is 9.82. The van der Waals surface area contributed by atoms with E-state index >= 15 is 0 Å². The van der Waals surface area contributed by atoms with Gasteiger partial charge in [0.25, 0.3) is 5.91 Å². The van der Waals surface area contributed by atoms with E-state index in [9.17, 15) is 24.6 Å². The third-order valence-corrected chi connectivity index (χ3v) is 5.21. The molecule has 168 valence electrons. The highest BCUT2D eigenvalue weighted by molar-refractivity contribution is 6.17. The van der Waals surface area contributed by atoms with E-state index in [0.29, 0.717) is 23.4 Å². The maximum absolute atomic E-state index is 13.2. The lowest BCUT2D eigenvalue weighted by molar-refractivity contribution is -0.142. The van der Waals surface area contributed by atoms with Crippen molar-refractivity contribution < 1.29 is 29.3 Å². The van der Waals surface area contributed by atoms with Gasteiger partial charge in [0, 0.05) is 11.1 Å². The Morgan fingerprint density at radius 2 is 1.59 bits per heavy atom. The average Bonchev–Trinajstić information content (AvgIpc) is 2.99. The molecule has 0 fully saturated rings. The van der Waals surface area contributed by atoms with Gasteiger partial charge < -0.3 is 14.9 Å². The first kappa shape index (κ1) is 23.1. The highest BCUT2D eigenvalue weighted by Gasteiger charge is 2.46. The van der Waals surface area contributed by atoms with Gasteiger partial charge in [0.2, 0.25) is 0 Å². The summed E-state index contributed by atoms with van der Waals surface area (Å²) in [5, 5.41) is 20.4. The van der Waals surface area contributed by atoms with E-state index in [-0.39, 0.29) is 29.5 Å². The number of phenolic OH excluding ortho intramolecular Hbond substituents is 1. The SMILES string of the molecule is CCOC(=O)Cc1ccc(N2C(=O)C(O)=C(C(=O)C(C)(C)C)C2c2ccc(O)cc2)cc1. The number of ketones is 1. The van der Waals surface area contributed by atoms with Gasteiger partial charge >= 0.3 is 5.97 Å². The number of aliphatic hydroxyl groups excluding tert-OH is 1. The van der Waals surface area contributed by atoms with Crippen LogP contribution in [-0.2, 0) is 25.5 Å². The minimum absolute atomic E-state index is 0.0174. The number of hydrogen-bond donors (Lipinski definition) is 2. The second-order valence-electron chi connectivity index (χ2n) is 8.66. The zero-order chi connectivity index (χ0) is 23.6. The Hall–Kier alpha value is -3.61. The number of rotatable bonds is 6. The van der Waals surface area contributed by atoms with Gasteiger partial charge in [0.15, 0.2) is 11.5 Å². The Morgan fingerprint density at radius 1 is 1.00 bits per heavy atom. The Bertz CT molecular complexity index is 1060. The van der Waals surface area contributed by atoms with Crippen LogP contribution in [0.5, 0.6) is 5.75 Å². The quantitative estimate of drug-likeness (QED) is 0.662. The second kappa shape index (κ2) is 8.86. The number of carbonyl (C=O) groups is 3. The molecule has 1 aliphatic rings. The van der Waals surface area contributed by atoms with Gasteiger partial charge in [-0.05, 0) is 42.3 Å². The first-order valence-corrected chi connectivity index (χ1v) is 10.4. The molecule has 7 heteroatoms. The normalized spacial score (nSPS) is 16.4. The molecular weight excluding hydrogens is 410 g/mol. The molecule has 1 aliphatic heterocycles. The molecule has 1 unspecified atom stereocenters. The van der Waals surface area contributed by atoms with Crippen molar-refractivity contribution in [1.29, 1.82) is 0 Å². The van der Waals surface area contributed by atoms with Crippen LogP contribution in [0.3, 0.4) is 0 Å². The molecule has 32 heavy (non-hydrogen) atoms. The number of amides is 1. The van der Waals surface area contributed by atoms with Crippen molar-refractivity contribution in [3.63, 3.8) is 0 Å². The third-order valence-electron chi connectivity index (χ3n) is 5.21. The summed E-state index contributed by atoms with van der Waals surface area (Å²) >= 11 is 0. The molecule has 2 N–H and O–H groups in total. The summed E-state index contributed by atoms with van der Waals surface area (Å²) in [6, 6.07) is 12.0. The average molecular weight is 437 g/mol. The zero-order valence-corrected chi connectivity index (χ0v) is 18.6. The van der Waals surface area contributed by atoms with Gasteiger partial charge in [-0.3, -0.25) is 19.3 Å². The molecule has 1 atom stereocenters. The molecule has 1 heterocycles. The highest BCUT2D eigenvalue weighted by atomic mass is 16.5. The van der Waals surface area contributed by atoms with Crippen LogP contribution in [0.2, 0.25) is 0 Å². The predicted molar refractivity (Wildman–Crippen MR) is 119 cm³/mol. The van der Waals surface area contributed by atoms with E-state index in [4.69, 9.17) is 4.74 Å². The van der Waals surface area contributed by atoms with E-state index in [0.717, 1.165) is 0 Å². The number of Topliss-reactive ketones (excluding diaryl/α,β-unsaturated/α-hetero) is 1. The van der Waals surface area contributed by atoms with Crippen molar-refractivity contribution in [2.45, 2.75) is 40.2 Å². The number of ether oxygens (including phenoxy) is 1. The standard InChI is InChI=1S/C25H27NO6/c1-5-32-19(28)14-15-6-10-17(11-7-15)26-21(16-8-12-18(27)13-9-16)20(22(29)24(26)31)23(30)25(2,3)4/h6-13,21,27,29H,5,14H2,1-4H3. The Kier molecular flexibility index (Phi) is 6.39. The maximum Gasteiger partial charge on any atom is 0.310 e. The van der Waals surface area contributed by atoms with Gasteiger partial charge in [0.1, 0.15) is 5.75 Å². The number of benzene rings is 2. The van der Waals surface area contributed by atoms with Crippen LogP contribution >= 0.6 is 0 Å². The van der Waals surface area contributed by atoms with Crippen LogP contribution < -0.4 is 4.90 Å². The lowest BCUT2D eigenvalue weighted by Crippen LogP contribution is -2.32. The smallest absolute Gasteiger partial charge is 0.310 e. The summed E-state index contributed by atoms with van der Waals surface area (Å²) in [5.74, 6) is -1.92. The summed E-state index contributed by atoms with van der Waals surface area (Å²) in [6.07, 6.45) is 0.0979. The van der Waals surface area contributed by atoms with Gasteiger partial charge in [-0.15, -0.1) is 0 Å². The zero-order valence-electron chi connectivity index (χ0n) is 18.6. The number of esters is 1. The first-order valence-electron chi connectivity index (χ1n) is 10.4. The van der Waals surface area contributed by atoms with E-state index in [1.54, 1.807) is 64.1 Å². The number of nitrogens with zero attached hydrogens (tertiary/aromatic N) is 1. The number of phenols is 1. The number of aliphatic hydroxyl groups is 1. The molecule has 1 amide bonds. The van der Waals surface area contributed by atoms with Crippen molar-refractivity contribution in [3.05, 3.63) is 71.0 Å². The van der Waals surface area contributed by atoms with Crippen LogP contribution in [-0.4, -0.2) is 34.5 Å². The molecule has 0 radical (unpaired) electrons. The van der Waals surface area contributed by atoms with Crippen molar-refractivity contribution in [3.8, 4) is 5.75 Å². The summed E-state index contributed by atoms with van der Waals surface area (Å²) < 4.78 is 4.96. The van der Waals surface area contributed by atoms with E-state index in [1.165, 1.54) is 17.0 Å². The van der Waals surface area contributed by atoms with Crippen LogP contribution in [0.4, 0.5) is 5.69 Å². The van der Waals surface area contributed by atoms with Crippen molar-refractivity contribution in [2.75, 3.05) is 11.5 Å². The van der Waals surface area contributed by atoms with E-state index in [1.807, 2.05) is 0 Å². The first-order chi connectivity index (χ1) is 15.0. The summed E-state index contributed by atoms with van der Waals surface area (Å²) in [6.45, 7) is 7.20. The van der Waals surface area contributed by atoms with Gasteiger partial charge in [-0.25, -0.2) is 0 Å². The van der Waals surface area contributed by atoms with Gasteiger partial charge in [-0.1, -0.05) is 45.0 Å². The number of aromatic hydroxyl groups is 1. The van der Waals surface area contributed by atoms with Crippen LogP contribution in [0.15, 0.2) is 59.9 Å². The third kappa shape index (κ3) is 4.51. The van der Waals surface area contributed by atoms with E-state index < -0.39 is 23.1 Å². The molecule has 0 saturated carbocycles. The predicted octanol–water partition coefficient (Wildman–Crippen LogP) is 4.01.